The van der Waals surface area contributed by atoms with Crippen LogP contribution in [0, 0.1) is 0 Å². The summed E-state index contributed by atoms with van der Waals surface area (Å²) in [6.07, 6.45) is 1.75. The van der Waals surface area contributed by atoms with Gasteiger partial charge in [-0.1, -0.05) is 18.2 Å². The fraction of sp³-hybridized carbons (Fsp3) is 0.105. The van der Waals surface area contributed by atoms with Crippen molar-refractivity contribution >= 4 is 34.3 Å². The molecule has 0 bridgehead atoms. The molecule has 0 radical (unpaired) electrons. The molecule has 6 heteroatoms. The summed E-state index contributed by atoms with van der Waals surface area (Å²) in [4.78, 5) is 17.4. The van der Waals surface area contributed by atoms with E-state index in [1.54, 1.807) is 37.4 Å². The summed E-state index contributed by atoms with van der Waals surface area (Å²) in [6.45, 7) is 1.80. The van der Waals surface area contributed by atoms with Crippen molar-refractivity contribution in [3.05, 3.63) is 66.4 Å². The highest BCUT2D eigenvalue weighted by molar-refractivity contribution is 8.00. The minimum absolute atomic E-state index is 0.184. The van der Waals surface area contributed by atoms with Crippen molar-refractivity contribution in [2.75, 3.05) is 5.75 Å². The summed E-state index contributed by atoms with van der Waals surface area (Å²) in [5.74, 6) is 0.263. The topological polar surface area (TPSA) is 74.6 Å². The molecular formula is C19H17N3O2S. The highest BCUT2D eigenvalue weighted by Crippen LogP contribution is 2.25. The highest BCUT2D eigenvalue weighted by Gasteiger charge is 2.06. The number of carbonyl (C=O) groups is 1. The molecule has 0 saturated carbocycles. The molecule has 1 heterocycles. The molecule has 0 aliphatic heterocycles. The predicted octanol–water partition coefficient (Wildman–Crippen LogP) is 3.57. The van der Waals surface area contributed by atoms with E-state index in [1.165, 1.54) is 11.8 Å². The van der Waals surface area contributed by atoms with Crippen LogP contribution in [-0.4, -0.2) is 27.5 Å². The first-order valence-corrected chi connectivity index (χ1v) is 8.71. The lowest BCUT2D eigenvalue weighted by atomic mass is 10.1. The Morgan fingerprint density at radius 1 is 1.16 bits per heavy atom. The van der Waals surface area contributed by atoms with Crippen molar-refractivity contribution in [3.63, 3.8) is 0 Å². The van der Waals surface area contributed by atoms with Gasteiger partial charge in [-0.15, -0.1) is 11.8 Å². The van der Waals surface area contributed by atoms with Crippen LogP contribution in [0.15, 0.2) is 70.8 Å². The molecule has 0 aliphatic rings. The van der Waals surface area contributed by atoms with Gasteiger partial charge in [0.05, 0.1) is 17.0 Å². The zero-order chi connectivity index (χ0) is 17.6. The van der Waals surface area contributed by atoms with Crippen LogP contribution in [0.5, 0.6) is 5.75 Å². The van der Waals surface area contributed by atoms with Crippen molar-refractivity contribution < 1.29 is 9.90 Å². The Bertz CT molecular complexity index is 918. The minimum Gasteiger partial charge on any atom is -0.508 e. The fourth-order valence-corrected chi connectivity index (χ4v) is 3.11. The number of rotatable bonds is 5. The third-order valence-corrected chi connectivity index (χ3v) is 4.63. The van der Waals surface area contributed by atoms with Gasteiger partial charge in [-0.2, -0.15) is 5.10 Å². The molecule has 0 fully saturated rings. The number of pyridine rings is 1. The van der Waals surface area contributed by atoms with E-state index in [0.29, 0.717) is 5.71 Å². The van der Waals surface area contributed by atoms with Crippen LogP contribution < -0.4 is 5.43 Å². The largest absolute Gasteiger partial charge is 0.508 e. The number of thioether (sulfide) groups is 1. The van der Waals surface area contributed by atoms with Crippen LogP contribution in [0.3, 0.4) is 0 Å². The quantitative estimate of drug-likeness (QED) is 0.419. The number of carbonyl (C=O) groups excluding carboxylic acids is 1. The molecule has 3 aromatic rings. The fourth-order valence-electron chi connectivity index (χ4n) is 2.28. The van der Waals surface area contributed by atoms with Gasteiger partial charge in [0, 0.05) is 16.5 Å². The molecule has 0 spiro atoms. The second-order valence-corrected chi connectivity index (χ2v) is 6.42. The van der Waals surface area contributed by atoms with Gasteiger partial charge in [0.25, 0.3) is 0 Å². The zero-order valence-electron chi connectivity index (χ0n) is 13.6. The average molecular weight is 351 g/mol. The standard InChI is InChI=1S/C19H17N3O2S/c1-13(14-7-9-16(23)10-8-14)21-22-18(24)12-25-17-6-2-4-15-5-3-11-20-19(15)17/h2-11,23H,12H2,1H3,(H,22,24)/b21-13+. The summed E-state index contributed by atoms with van der Waals surface area (Å²) in [7, 11) is 0. The Hall–Kier alpha value is -2.86. The third kappa shape index (κ3) is 4.36. The van der Waals surface area contributed by atoms with Crippen molar-refractivity contribution in [3.8, 4) is 5.75 Å². The number of nitrogens with zero attached hydrogens (tertiary/aromatic N) is 2. The number of benzene rings is 2. The van der Waals surface area contributed by atoms with Gasteiger partial charge in [-0.3, -0.25) is 9.78 Å². The molecule has 126 valence electrons. The molecule has 2 aromatic carbocycles. The molecular weight excluding hydrogens is 334 g/mol. The molecule has 0 unspecified atom stereocenters. The Balaban J connectivity index is 1.61. The van der Waals surface area contributed by atoms with E-state index in [9.17, 15) is 9.90 Å². The summed E-state index contributed by atoms with van der Waals surface area (Å²) < 4.78 is 0. The molecule has 5 nitrogen and oxygen atoms in total. The zero-order valence-corrected chi connectivity index (χ0v) is 14.5. The first-order chi connectivity index (χ1) is 12.1. The number of hydrogen-bond acceptors (Lipinski definition) is 5. The molecule has 25 heavy (non-hydrogen) atoms. The maximum atomic E-state index is 12.0. The summed E-state index contributed by atoms with van der Waals surface area (Å²) >= 11 is 1.43. The third-order valence-electron chi connectivity index (χ3n) is 3.59. The van der Waals surface area contributed by atoms with E-state index >= 15 is 0 Å². The second-order valence-electron chi connectivity index (χ2n) is 5.40. The number of amides is 1. The lowest BCUT2D eigenvalue weighted by molar-refractivity contribution is -0.118. The highest BCUT2D eigenvalue weighted by atomic mass is 32.2. The minimum atomic E-state index is -0.184. The average Bonchev–Trinajstić information content (AvgIpc) is 2.65. The molecule has 0 saturated heterocycles. The Morgan fingerprint density at radius 2 is 1.92 bits per heavy atom. The van der Waals surface area contributed by atoms with Crippen molar-refractivity contribution in [2.24, 2.45) is 5.10 Å². The summed E-state index contributed by atoms with van der Waals surface area (Å²) in [6, 6.07) is 16.5. The lowest BCUT2D eigenvalue weighted by Crippen LogP contribution is -2.21. The van der Waals surface area contributed by atoms with Crippen molar-refractivity contribution in [2.45, 2.75) is 11.8 Å². The van der Waals surface area contributed by atoms with Crippen molar-refractivity contribution in [1.82, 2.24) is 10.4 Å². The van der Waals surface area contributed by atoms with Gasteiger partial charge in [0.1, 0.15) is 5.75 Å². The SMILES string of the molecule is C/C(=N\NC(=O)CSc1cccc2cccnc12)c1ccc(O)cc1. The lowest BCUT2D eigenvalue weighted by Gasteiger charge is -2.05. The Kier molecular flexibility index (Phi) is 5.30. The van der Waals surface area contributed by atoms with Gasteiger partial charge < -0.3 is 5.11 Å². The Morgan fingerprint density at radius 3 is 2.72 bits per heavy atom. The monoisotopic (exact) mass is 351 g/mol. The number of phenolic OH excluding ortho intramolecular Hbond substituents is 1. The van der Waals surface area contributed by atoms with E-state index in [1.807, 2.05) is 30.3 Å². The van der Waals surface area contributed by atoms with Crippen LogP contribution in [0.25, 0.3) is 10.9 Å². The first kappa shape index (κ1) is 17.0. The van der Waals surface area contributed by atoms with Crippen LogP contribution in [0.4, 0.5) is 0 Å². The van der Waals surface area contributed by atoms with Crippen LogP contribution >= 0.6 is 11.8 Å². The number of aromatic nitrogens is 1. The van der Waals surface area contributed by atoms with Crippen LogP contribution in [-0.2, 0) is 4.79 Å². The number of para-hydroxylation sites is 1. The number of nitrogens with one attached hydrogen (secondary N) is 1. The van der Waals surface area contributed by atoms with Crippen LogP contribution in [0.1, 0.15) is 12.5 Å². The summed E-state index contributed by atoms with van der Waals surface area (Å²) in [5.41, 5.74) is 4.96. The molecule has 1 amide bonds. The van der Waals surface area contributed by atoms with E-state index in [2.05, 4.69) is 15.5 Å². The first-order valence-electron chi connectivity index (χ1n) is 7.72. The second kappa shape index (κ2) is 7.81. The van der Waals surface area contributed by atoms with Gasteiger partial charge in [0.15, 0.2) is 0 Å². The van der Waals surface area contributed by atoms with E-state index in [0.717, 1.165) is 21.4 Å². The maximum Gasteiger partial charge on any atom is 0.250 e. The van der Waals surface area contributed by atoms with Gasteiger partial charge >= 0.3 is 0 Å². The Labute approximate surface area is 149 Å². The molecule has 0 atom stereocenters. The van der Waals surface area contributed by atoms with Crippen LogP contribution in [0.2, 0.25) is 0 Å². The molecule has 0 aliphatic carbocycles. The molecule has 2 N–H and O–H groups in total. The number of aromatic hydroxyl groups is 1. The normalized spacial score (nSPS) is 11.5. The number of hydrazone groups is 1. The van der Waals surface area contributed by atoms with Crippen molar-refractivity contribution in [1.29, 1.82) is 0 Å². The van der Waals surface area contributed by atoms with Gasteiger partial charge in [-0.25, -0.2) is 5.43 Å². The summed E-state index contributed by atoms with van der Waals surface area (Å²) in [5, 5.41) is 14.4. The van der Waals surface area contributed by atoms with E-state index in [-0.39, 0.29) is 17.4 Å². The number of hydrogen-bond donors (Lipinski definition) is 2. The smallest absolute Gasteiger partial charge is 0.250 e. The molecule has 3 rings (SSSR count). The number of phenols is 1. The number of fused-ring (bicyclic) bond motifs is 1. The maximum absolute atomic E-state index is 12.0. The predicted molar refractivity (Wildman–Crippen MR) is 101 cm³/mol. The van der Waals surface area contributed by atoms with E-state index in [4.69, 9.17) is 0 Å². The molecule has 1 aromatic heterocycles. The van der Waals surface area contributed by atoms with E-state index < -0.39 is 0 Å². The van der Waals surface area contributed by atoms with Gasteiger partial charge in [-0.05, 0) is 48.9 Å². The van der Waals surface area contributed by atoms with Gasteiger partial charge in [0.2, 0.25) is 5.91 Å².